The summed E-state index contributed by atoms with van der Waals surface area (Å²) in [6, 6.07) is 10.7. The van der Waals surface area contributed by atoms with Gasteiger partial charge in [-0.1, -0.05) is 6.07 Å². The van der Waals surface area contributed by atoms with E-state index in [1.165, 1.54) is 24.3 Å². The number of morpholine rings is 1. The van der Waals surface area contributed by atoms with Crippen molar-refractivity contribution in [2.75, 3.05) is 45.0 Å². The molecule has 2 aliphatic heterocycles. The van der Waals surface area contributed by atoms with E-state index in [1.54, 1.807) is 0 Å². The van der Waals surface area contributed by atoms with Gasteiger partial charge in [0.25, 0.3) is 0 Å². The van der Waals surface area contributed by atoms with E-state index in [9.17, 15) is 14.0 Å². The molecule has 4 rings (SSSR count). The molecule has 1 saturated heterocycles. The normalized spacial score (nSPS) is 16.7. The highest BCUT2D eigenvalue weighted by molar-refractivity contribution is 6.39. The molecule has 1 fully saturated rings. The van der Waals surface area contributed by atoms with E-state index < -0.39 is 17.6 Å². The van der Waals surface area contributed by atoms with E-state index in [2.05, 4.69) is 15.5 Å². The van der Waals surface area contributed by atoms with Crippen LogP contribution in [0.2, 0.25) is 0 Å². The van der Waals surface area contributed by atoms with Gasteiger partial charge in [0.2, 0.25) is 6.79 Å². The Kier molecular flexibility index (Phi) is 6.10. The van der Waals surface area contributed by atoms with E-state index in [0.29, 0.717) is 43.5 Å². The predicted molar refractivity (Wildman–Crippen MR) is 106 cm³/mol. The second-order valence-corrected chi connectivity index (χ2v) is 6.95. The number of anilines is 1. The average Bonchev–Trinajstić information content (AvgIpc) is 3.24. The summed E-state index contributed by atoms with van der Waals surface area (Å²) in [5, 5.41) is 5.16. The van der Waals surface area contributed by atoms with Crippen LogP contribution in [0.4, 0.5) is 10.1 Å². The Hall–Kier alpha value is -3.17. The Morgan fingerprint density at radius 2 is 1.73 bits per heavy atom. The van der Waals surface area contributed by atoms with E-state index in [0.717, 1.165) is 5.56 Å². The number of nitrogens with one attached hydrogen (secondary N) is 2. The van der Waals surface area contributed by atoms with Crippen molar-refractivity contribution in [3.8, 4) is 11.5 Å². The maximum atomic E-state index is 13.0. The van der Waals surface area contributed by atoms with Crippen molar-refractivity contribution in [1.82, 2.24) is 10.2 Å². The van der Waals surface area contributed by atoms with Crippen LogP contribution in [0.1, 0.15) is 11.6 Å². The minimum absolute atomic E-state index is 0.161. The minimum Gasteiger partial charge on any atom is -0.454 e. The number of ether oxygens (including phenoxy) is 3. The van der Waals surface area contributed by atoms with Crippen LogP contribution in [0.5, 0.6) is 11.5 Å². The van der Waals surface area contributed by atoms with Gasteiger partial charge >= 0.3 is 11.8 Å². The number of hydrogen-bond donors (Lipinski definition) is 2. The molecular weight excluding hydrogens is 393 g/mol. The fraction of sp³-hybridized carbons (Fsp3) is 0.333. The molecule has 8 nitrogen and oxygen atoms in total. The minimum atomic E-state index is -0.812. The molecule has 1 atom stereocenters. The summed E-state index contributed by atoms with van der Waals surface area (Å²) in [4.78, 5) is 26.7. The molecule has 2 amide bonds. The van der Waals surface area contributed by atoms with Crippen molar-refractivity contribution >= 4 is 17.5 Å². The molecule has 2 N–H and O–H groups in total. The summed E-state index contributed by atoms with van der Waals surface area (Å²) in [5.41, 5.74) is 1.29. The standard InChI is InChI=1S/C21H22FN3O5/c22-15-2-4-16(5-3-15)24-21(27)20(26)23-12-17(25-7-9-28-10-8-25)14-1-6-18-19(11-14)30-13-29-18/h1-6,11,17H,7-10,12-13H2,(H,23,26)(H,24,27). The van der Waals surface area contributed by atoms with Gasteiger partial charge in [-0.05, 0) is 42.0 Å². The van der Waals surface area contributed by atoms with Gasteiger partial charge in [0.15, 0.2) is 11.5 Å². The summed E-state index contributed by atoms with van der Waals surface area (Å²) < 4.78 is 29.3. The fourth-order valence-electron chi connectivity index (χ4n) is 3.46. The van der Waals surface area contributed by atoms with Gasteiger partial charge in [-0.25, -0.2) is 4.39 Å². The molecule has 158 valence electrons. The van der Waals surface area contributed by atoms with Gasteiger partial charge < -0.3 is 24.8 Å². The first kappa shape index (κ1) is 20.1. The SMILES string of the molecule is O=C(NCC(c1ccc2c(c1)OCO2)N1CCOCC1)C(=O)Nc1ccc(F)cc1. The number of fused-ring (bicyclic) bond motifs is 1. The molecule has 0 aromatic heterocycles. The molecule has 0 bridgehead atoms. The topological polar surface area (TPSA) is 89.1 Å². The Labute approximate surface area is 172 Å². The first-order valence-corrected chi connectivity index (χ1v) is 9.66. The molecule has 0 aliphatic carbocycles. The third-order valence-electron chi connectivity index (χ3n) is 5.03. The van der Waals surface area contributed by atoms with Crippen LogP contribution < -0.4 is 20.1 Å². The van der Waals surface area contributed by atoms with Crippen molar-refractivity contribution in [3.05, 3.63) is 53.8 Å². The zero-order valence-electron chi connectivity index (χ0n) is 16.2. The summed E-state index contributed by atoms with van der Waals surface area (Å²) in [6.07, 6.45) is 0. The molecule has 1 unspecified atom stereocenters. The number of nitrogens with zero attached hydrogens (tertiary/aromatic N) is 1. The second-order valence-electron chi connectivity index (χ2n) is 6.95. The molecule has 0 saturated carbocycles. The Balaban J connectivity index is 1.43. The van der Waals surface area contributed by atoms with E-state index in [-0.39, 0.29) is 19.4 Å². The summed E-state index contributed by atoms with van der Waals surface area (Å²) in [7, 11) is 0. The van der Waals surface area contributed by atoms with Crippen LogP contribution in [0, 0.1) is 5.82 Å². The molecule has 30 heavy (non-hydrogen) atoms. The molecule has 9 heteroatoms. The fourth-order valence-corrected chi connectivity index (χ4v) is 3.46. The number of amides is 2. The van der Waals surface area contributed by atoms with E-state index in [1.807, 2.05) is 18.2 Å². The van der Waals surface area contributed by atoms with Gasteiger partial charge in [0, 0.05) is 25.3 Å². The van der Waals surface area contributed by atoms with Crippen LogP contribution in [-0.2, 0) is 14.3 Å². The van der Waals surface area contributed by atoms with Crippen molar-refractivity contribution < 1.29 is 28.2 Å². The van der Waals surface area contributed by atoms with Crippen LogP contribution in [-0.4, -0.2) is 56.4 Å². The highest BCUT2D eigenvalue weighted by Gasteiger charge is 2.26. The lowest BCUT2D eigenvalue weighted by Gasteiger charge is -2.34. The Morgan fingerprint density at radius 3 is 2.50 bits per heavy atom. The summed E-state index contributed by atoms with van der Waals surface area (Å²) in [5.74, 6) is -0.658. The van der Waals surface area contributed by atoms with Crippen molar-refractivity contribution in [3.63, 3.8) is 0 Å². The molecule has 2 aromatic carbocycles. The first-order valence-electron chi connectivity index (χ1n) is 9.66. The average molecular weight is 415 g/mol. The third-order valence-corrected chi connectivity index (χ3v) is 5.03. The predicted octanol–water partition coefficient (Wildman–Crippen LogP) is 1.68. The second kappa shape index (κ2) is 9.10. The lowest BCUT2D eigenvalue weighted by atomic mass is 10.0. The zero-order valence-corrected chi connectivity index (χ0v) is 16.2. The van der Waals surface area contributed by atoms with Gasteiger partial charge in [-0.2, -0.15) is 0 Å². The summed E-state index contributed by atoms with van der Waals surface area (Å²) >= 11 is 0. The highest BCUT2D eigenvalue weighted by atomic mass is 19.1. The van der Waals surface area contributed by atoms with Crippen LogP contribution in [0.3, 0.4) is 0 Å². The smallest absolute Gasteiger partial charge is 0.313 e. The van der Waals surface area contributed by atoms with Crippen LogP contribution in [0.25, 0.3) is 0 Å². The quantitative estimate of drug-likeness (QED) is 0.723. The lowest BCUT2D eigenvalue weighted by molar-refractivity contribution is -0.136. The number of hydrogen-bond acceptors (Lipinski definition) is 6. The monoisotopic (exact) mass is 415 g/mol. The van der Waals surface area contributed by atoms with Crippen molar-refractivity contribution in [2.45, 2.75) is 6.04 Å². The molecular formula is C21H22FN3O5. The largest absolute Gasteiger partial charge is 0.454 e. The highest BCUT2D eigenvalue weighted by Crippen LogP contribution is 2.35. The maximum Gasteiger partial charge on any atom is 0.313 e. The van der Waals surface area contributed by atoms with Gasteiger partial charge in [0.1, 0.15) is 5.82 Å². The van der Waals surface area contributed by atoms with Crippen molar-refractivity contribution in [2.24, 2.45) is 0 Å². The number of rotatable bonds is 5. The number of carbonyl (C=O) groups excluding carboxylic acids is 2. The number of benzene rings is 2. The van der Waals surface area contributed by atoms with E-state index >= 15 is 0 Å². The van der Waals surface area contributed by atoms with Crippen LogP contribution >= 0.6 is 0 Å². The number of carbonyl (C=O) groups is 2. The molecule has 0 radical (unpaired) electrons. The molecule has 2 aromatic rings. The molecule has 2 aliphatic rings. The van der Waals surface area contributed by atoms with Gasteiger partial charge in [-0.15, -0.1) is 0 Å². The maximum absolute atomic E-state index is 13.0. The lowest BCUT2D eigenvalue weighted by Crippen LogP contribution is -2.45. The van der Waals surface area contributed by atoms with E-state index in [4.69, 9.17) is 14.2 Å². The van der Waals surface area contributed by atoms with Gasteiger partial charge in [-0.3, -0.25) is 14.5 Å². The van der Waals surface area contributed by atoms with Crippen LogP contribution in [0.15, 0.2) is 42.5 Å². The molecule has 0 spiro atoms. The van der Waals surface area contributed by atoms with Gasteiger partial charge in [0.05, 0.1) is 19.3 Å². The Morgan fingerprint density at radius 1 is 1.00 bits per heavy atom. The molecule has 2 heterocycles. The third kappa shape index (κ3) is 4.69. The number of halogens is 1. The summed E-state index contributed by atoms with van der Waals surface area (Å²) in [6.45, 7) is 3.02. The zero-order chi connectivity index (χ0) is 20.9. The first-order chi connectivity index (χ1) is 14.6. The Bertz CT molecular complexity index is 915. The van der Waals surface area contributed by atoms with Crippen molar-refractivity contribution in [1.29, 1.82) is 0 Å².